The van der Waals surface area contributed by atoms with E-state index in [1.807, 2.05) is 13.8 Å². The van der Waals surface area contributed by atoms with Gasteiger partial charge >= 0.3 is 6.61 Å². The first-order valence-corrected chi connectivity index (χ1v) is 10.0. The van der Waals surface area contributed by atoms with Crippen molar-refractivity contribution in [2.24, 2.45) is 0 Å². The molecule has 1 saturated heterocycles. The minimum Gasteiger partial charge on any atom is -0.493 e. The third-order valence-corrected chi connectivity index (χ3v) is 5.44. The Morgan fingerprint density at radius 3 is 2.60 bits per heavy atom. The zero-order chi connectivity index (χ0) is 21.9. The van der Waals surface area contributed by atoms with Gasteiger partial charge in [0.2, 0.25) is 0 Å². The van der Waals surface area contributed by atoms with Gasteiger partial charge in [-0.05, 0) is 44.0 Å². The van der Waals surface area contributed by atoms with E-state index in [1.54, 1.807) is 18.0 Å². The molecule has 2 N–H and O–H groups in total. The van der Waals surface area contributed by atoms with Crippen molar-refractivity contribution in [1.29, 1.82) is 0 Å². The summed E-state index contributed by atoms with van der Waals surface area (Å²) in [4.78, 5) is 13.6. The van der Waals surface area contributed by atoms with Crippen LogP contribution < -0.4 is 20.1 Å². The number of hydrogen-bond acceptors (Lipinski definition) is 5. The van der Waals surface area contributed by atoms with Gasteiger partial charge in [-0.15, -0.1) is 0 Å². The van der Waals surface area contributed by atoms with Crippen molar-refractivity contribution >= 4 is 23.2 Å². The fourth-order valence-corrected chi connectivity index (χ4v) is 3.94. The lowest BCUT2D eigenvalue weighted by Gasteiger charge is -2.38. The van der Waals surface area contributed by atoms with E-state index in [0.717, 1.165) is 5.69 Å². The fourth-order valence-electron chi connectivity index (χ4n) is 3.78. The minimum atomic E-state index is -3.05. The van der Waals surface area contributed by atoms with E-state index < -0.39 is 12.2 Å². The molecule has 0 bridgehead atoms. The summed E-state index contributed by atoms with van der Waals surface area (Å²) < 4.78 is 37.4. The van der Waals surface area contributed by atoms with Gasteiger partial charge in [0.25, 0.3) is 5.91 Å². The van der Waals surface area contributed by atoms with Crippen molar-refractivity contribution in [3.05, 3.63) is 35.1 Å². The summed E-state index contributed by atoms with van der Waals surface area (Å²) in [5.74, 6) is 0.0920. The first-order valence-electron chi connectivity index (χ1n) is 9.67. The quantitative estimate of drug-likeness (QED) is 0.678. The molecule has 0 radical (unpaired) electrons. The Balaban J connectivity index is 2.02. The number of aromatic nitrogens is 2. The molecule has 2 heterocycles. The van der Waals surface area contributed by atoms with Crippen LogP contribution in [0.1, 0.15) is 38.3 Å². The number of methoxy groups -OCH3 is 1. The molecular weight excluding hydrogens is 418 g/mol. The van der Waals surface area contributed by atoms with Crippen LogP contribution in [0.4, 0.5) is 14.5 Å². The van der Waals surface area contributed by atoms with Crippen LogP contribution in [-0.4, -0.2) is 42.5 Å². The van der Waals surface area contributed by atoms with Crippen molar-refractivity contribution in [2.45, 2.75) is 44.8 Å². The number of ether oxygens (including phenoxy) is 2. The lowest BCUT2D eigenvalue weighted by atomic mass is 9.86. The molecule has 2 aromatic rings. The van der Waals surface area contributed by atoms with Crippen LogP contribution in [-0.2, 0) is 10.3 Å². The highest BCUT2D eigenvalue weighted by Crippen LogP contribution is 2.38. The van der Waals surface area contributed by atoms with E-state index in [9.17, 15) is 13.6 Å². The topological polar surface area (TPSA) is 77.4 Å². The Bertz CT molecular complexity index is 898. The first-order chi connectivity index (χ1) is 14.3. The predicted octanol–water partition coefficient (Wildman–Crippen LogP) is 3.99. The van der Waals surface area contributed by atoms with Crippen molar-refractivity contribution in [2.75, 3.05) is 25.5 Å². The number of hydrogen-bond donors (Lipinski definition) is 2. The number of carbonyl (C=O) groups excluding carboxylic acids is 1. The van der Waals surface area contributed by atoms with Gasteiger partial charge in [0.1, 0.15) is 5.54 Å². The van der Waals surface area contributed by atoms with Crippen molar-refractivity contribution < 1.29 is 23.0 Å². The van der Waals surface area contributed by atoms with E-state index in [2.05, 4.69) is 20.5 Å². The maximum atomic E-state index is 13.6. The molecule has 1 fully saturated rings. The van der Waals surface area contributed by atoms with Gasteiger partial charge in [0, 0.05) is 11.1 Å². The molecule has 0 aliphatic carbocycles. The van der Waals surface area contributed by atoms with Gasteiger partial charge < -0.3 is 20.1 Å². The Hall–Kier alpha value is -2.39. The number of nitrogens with one attached hydrogen (secondary N) is 2. The molecule has 1 amide bonds. The number of piperidine rings is 1. The van der Waals surface area contributed by atoms with Gasteiger partial charge in [-0.1, -0.05) is 25.4 Å². The Labute approximate surface area is 178 Å². The highest BCUT2D eigenvalue weighted by molar-refractivity contribution is 6.30. The van der Waals surface area contributed by atoms with E-state index >= 15 is 0 Å². The van der Waals surface area contributed by atoms with Crippen LogP contribution >= 0.6 is 11.6 Å². The molecule has 3 rings (SSSR count). The highest BCUT2D eigenvalue weighted by Gasteiger charge is 2.44. The first kappa shape index (κ1) is 22.3. The molecular formula is C20H25ClF2N4O3. The summed E-state index contributed by atoms with van der Waals surface area (Å²) in [6.07, 6.45) is 2.55. The monoisotopic (exact) mass is 442 g/mol. The minimum absolute atomic E-state index is 0.0512. The van der Waals surface area contributed by atoms with E-state index in [0.29, 0.717) is 31.7 Å². The summed E-state index contributed by atoms with van der Waals surface area (Å²) in [6, 6.07) is 4.19. The maximum Gasteiger partial charge on any atom is 0.387 e. The third-order valence-electron chi connectivity index (χ3n) is 5.20. The summed E-state index contributed by atoms with van der Waals surface area (Å²) in [5, 5.41) is 10.7. The third kappa shape index (κ3) is 4.37. The second kappa shape index (κ2) is 9.18. The molecule has 0 saturated carbocycles. The van der Waals surface area contributed by atoms with E-state index in [-0.39, 0.29) is 28.3 Å². The number of benzene rings is 1. The number of amides is 1. The molecule has 1 aromatic heterocycles. The van der Waals surface area contributed by atoms with Crippen LogP contribution in [0, 0.1) is 0 Å². The maximum absolute atomic E-state index is 13.6. The molecule has 0 unspecified atom stereocenters. The molecule has 30 heavy (non-hydrogen) atoms. The second-order valence-electron chi connectivity index (χ2n) is 7.42. The Kier molecular flexibility index (Phi) is 6.82. The molecule has 1 aromatic carbocycles. The zero-order valence-electron chi connectivity index (χ0n) is 17.0. The normalized spacial score (nSPS) is 16.0. The van der Waals surface area contributed by atoms with Crippen molar-refractivity contribution in [3.63, 3.8) is 0 Å². The molecule has 7 nitrogen and oxygen atoms in total. The SMILES string of the molecule is COc1cnn(C2(C(=O)Nc3ccc(Cl)cc3OC(F)F)CCNCC2)c1C(C)C. The highest BCUT2D eigenvalue weighted by atomic mass is 35.5. The lowest BCUT2D eigenvalue weighted by Crippen LogP contribution is -2.53. The molecule has 10 heteroatoms. The van der Waals surface area contributed by atoms with Crippen LogP contribution in [0.3, 0.4) is 0 Å². The average Bonchev–Trinajstić information content (AvgIpc) is 3.15. The Morgan fingerprint density at radius 2 is 2.00 bits per heavy atom. The van der Waals surface area contributed by atoms with Crippen LogP contribution in [0.5, 0.6) is 11.5 Å². The molecule has 1 aliphatic heterocycles. The molecule has 0 spiro atoms. The average molecular weight is 443 g/mol. The second-order valence-corrected chi connectivity index (χ2v) is 7.86. The number of halogens is 3. The van der Waals surface area contributed by atoms with Crippen LogP contribution in [0.25, 0.3) is 0 Å². The lowest BCUT2D eigenvalue weighted by molar-refractivity contribution is -0.126. The Morgan fingerprint density at radius 1 is 1.30 bits per heavy atom. The summed E-state index contributed by atoms with van der Waals surface area (Å²) in [7, 11) is 1.56. The van der Waals surface area contributed by atoms with Crippen LogP contribution in [0.15, 0.2) is 24.4 Å². The van der Waals surface area contributed by atoms with E-state index in [4.69, 9.17) is 16.3 Å². The van der Waals surface area contributed by atoms with Crippen molar-refractivity contribution in [1.82, 2.24) is 15.1 Å². The molecule has 0 atom stereocenters. The van der Waals surface area contributed by atoms with Crippen LogP contribution in [0.2, 0.25) is 5.02 Å². The van der Waals surface area contributed by atoms with Crippen molar-refractivity contribution in [3.8, 4) is 11.5 Å². The number of rotatable bonds is 7. The largest absolute Gasteiger partial charge is 0.493 e. The predicted molar refractivity (Wildman–Crippen MR) is 110 cm³/mol. The zero-order valence-corrected chi connectivity index (χ0v) is 17.8. The standard InChI is InChI=1S/C20H25ClF2N4O3/c1-12(2)17-16(29-3)11-25-27(17)20(6-8-24-9-7-20)18(28)26-14-5-4-13(21)10-15(14)30-19(22)23/h4-5,10-12,19,24H,6-9H2,1-3H3,(H,26,28). The number of nitrogens with zero attached hydrogens (tertiary/aromatic N) is 2. The number of anilines is 1. The van der Waals surface area contributed by atoms with Gasteiger partial charge in [-0.2, -0.15) is 13.9 Å². The molecule has 164 valence electrons. The van der Waals surface area contributed by atoms with Gasteiger partial charge in [-0.25, -0.2) is 4.68 Å². The summed E-state index contributed by atoms with van der Waals surface area (Å²) >= 11 is 5.91. The summed E-state index contributed by atoms with van der Waals surface area (Å²) in [5.41, 5.74) is -0.0915. The van der Waals surface area contributed by atoms with Gasteiger partial charge in [0.05, 0.1) is 24.7 Å². The smallest absolute Gasteiger partial charge is 0.387 e. The van der Waals surface area contributed by atoms with E-state index in [1.165, 1.54) is 18.2 Å². The molecule has 1 aliphatic rings. The number of carbonyl (C=O) groups is 1. The fraction of sp³-hybridized carbons (Fsp3) is 0.500. The number of alkyl halides is 2. The van der Waals surface area contributed by atoms with Gasteiger partial charge in [-0.3, -0.25) is 4.79 Å². The van der Waals surface area contributed by atoms with Gasteiger partial charge in [0.15, 0.2) is 11.5 Å². The summed E-state index contributed by atoms with van der Waals surface area (Å²) in [6.45, 7) is 2.16.